The van der Waals surface area contributed by atoms with Gasteiger partial charge in [-0.3, -0.25) is 0 Å². The molecule has 0 aliphatic carbocycles. The first-order valence-electron chi connectivity index (χ1n) is 4.18. The predicted octanol–water partition coefficient (Wildman–Crippen LogP) is 0.730. The molecule has 0 spiro atoms. The number of hydrogen-bond acceptors (Lipinski definition) is 2. The van der Waals surface area contributed by atoms with Crippen LogP contribution in [0, 0.1) is 0 Å². The Morgan fingerprint density at radius 2 is 2.18 bits per heavy atom. The molecular formula is C8H15AsN2. The van der Waals surface area contributed by atoms with Crippen LogP contribution in [0.4, 0.5) is 0 Å². The quantitative estimate of drug-likeness (QED) is 0.472. The zero-order valence-corrected chi connectivity index (χ0v) is 9.10. The van der Waals surface area contributed by atoms with E-state index in [1.54, 1.807) is 11.1 Å². The second-order valence-corrected chi connectivity index (χ2v) is 7.60. The number of rotatable bonds is 0. The molecule has 0 aromatic heterocycles. The molecule has 1 saturated heterocycles. The van der Waals surface area contributed by atoms with Crippen LogP contribution in [0.25, 0.3) is 0 Å². The molecule has 1 unspecified atom stereocenters. The van der Waals surface area contributed by atoms with Gasteiger partial charge in [0.15, 0.2) is 0 Å². The molecule has 1 N–H and O–H groups in total. The van der Waals surface area contributed by atoms with Gasteiger partial charge >= 0.3 is 73.0 Å². The van der Waals surface area contributed by atoms with E-state index in [-0.39, 0.29) is 0 Å². The van der Waals surface area contributed by atoms with Gasteiger partial charge in [0, 0.05) is 0 Å². The van der Waals surface area contributed by atoms with Crippen LogP contribution < -0.4 is 4.23 Å². The standard InChI is InChI=1S/C8H15AsN2/c1-7-5-9-10-3-4-11(9)6-8(7)2/h10H,3-6H2,1-2H3. The van der Waals surface area contributed by atoms with Gasteiger partial charge in [-0.1, -0.05) is 0 Å². The molecule has 2 nitrogen and oxygen atoms in total. The van der Waals surface area contributed by atoms with E-state index in [0.29, 0.717) is 0 Å². The van der Waals surface area contributed by atoms with E-state index >= 15 is 0 Å². The predicted molar refractivity (Wildman–Crippen MR) is 48.5 cm³/mol. The SMILES string of the molecule is CC1=C(C)C[As]2NCCN2C1. The topological polar surface area (TPSA) is 15.3 Å². The monoisotopic (exact) mass is 214 g/mol. The third kappa shape index (κ3) is 1.40. The summed E-state index contributed by atoms with van der Waals surface area (Å²) in [5.74, 6) is 0. The molecule has 1 atom stereocenters. The van der Waals surface area contributed by atoms with Crippen LogP contribution in [0.1, 0.15) is 13.8 Å². The van der Waals surface area contributed by atoms with Crippen LogP contribution in [0.15, 0.2) is 11.1 Å². The van der Waals surface area contributed by atoms with Gasteiger partial charge in [-0.2, -0.15) is 0 Å². The van der Waals surface area contributed by atoms with Gasteiger partial charge in [-0.05, 0) is 0 Å². The maximum atomic E-state index is 3.65. The van der Waals surface area contributed by atoms with E-state index in [2.05, 4.69) is 21.9 Å². The normalized spacial score (nSPS) is 32.7. The van der Waals surface area contributed by atoms with E-state index in [9.17, 15) is 0 Å². The molecule has 2 aliphatic rings. The molecule has 11 heavy (non-hydrogen) atoms. The molecule has 2 aliphatic heterocycles. The average molecular weight is 214 g/mol. The van der Waals surface area contributed by atoms with E-state index < -0.39 is 15.1 Å². The fraction of sp³-hybridized carbons (Fsp3) is 0.750. The summed E-state index contributed by atoms with van der Waals surface area (Å²) in [6.45, 7) is 8.35. The second-order valence-electron chi connectivity index (χ2n) is 3.41. The summed E-state index contributed by atoms with van der Waals surface area (Å²) in [7, 11) is 0. The molecule has 0 radical (unpaired) electrons. The van der Waals surface area contributed by atoms with E-state index in [4.69, 9.17) is 0 Å². The summed E-state index contributed by atoms with van der Waals surface area (Å²) in [5, 5.41) is 1.37. The van der Waals surface area contributed by atoms with Crippen molar-refractivity contribution < 1.29 is 0 Å². The second kappa shape index (κ2) is 2.93. The van der Waals surface area contributed by atoms with Gasteiger partial charge in [-0.25, -0.2) is 0 Å². The Balaban J connectivity index is 2.14. The first-order valence-corrected chi connectivity index (χ1v) is 7.29. The van der Waals surface area contributed by atoms with Gasteiger partial charge in [0.25, 0.3) is 0 Å². The van der Waals surface area contributed by atoms with Gasteiger partial charge in [-0.15, -0.1) is 0 Å². The molecule has 62 valence electrons. The summed E-state index contributed by atoms with van der Waals surface area (Å²) >= 11 is -0.725. The summed E-state index contributed by atoms with van der Waals surface area (Å²) < 4.78 is 6.32. The van der Waals surface area contributed by atoms with Crippen molar-refractivity contribution in [1.82, 2.24) is 8.05 Å². The van der Waals surface area contributed by atoms with Crippen LogP contribution in [0.2, 0.25) is 5.21 Å². The van der Waals surface area contributed by atoms with Crippen LogP contribution in [0.3, 0.4) is 0 Å². The first kappa shape index (κ1) is 7.85. The van der Waals surface area contributed by atoms with E-state index in [1.807, 2.05) is 0 Å². The Hall–Kier alpha value is 0.218. The van der Waals surface area contributed by atoms with Gasteiger partial charge < -0.3 is 0 Å². The number of fused-ring (bicyclic) bond motifs is 1. The van der Waals surface area contributed by atoms with Crippen molar-refractivity contribution >= 4 is 15.1 Å². The molecule has 3 heteroatoms. The molecule has 1 fully saturated rings. The van der Waals surface area contributed by atoms with Crippen molar-refractivity contribution in [3.63, 3.8) is 0 Å². The van der Waals surface area contributed by atoms with Crippen LogP contribution in [-0.2, 0) is 0 Å². The van der Waals surface area contributed by atoms with Crippen molar-refractivity contribution in [3.8, 4) is 0 Å². The van der Waals surface area contributed by atoms with Crippen molar-refractivity contribution in [1.29, 1.82) is 0 Å². The summed E-state index contributed by atoms with van der Waals surface area (Å²) in [5.41, 5.74) is 3.26. The molecule has 0 aromatic carbocycles. The van der Waals surface area contributed by atoms with Crippen molar-refractivity contribution in [2.75, 3.05) is 19.6 Å². The minimum absolute atomic E-state index is 0.725. The molecule has 2 heterocycles. The molecule has 0 aromatic rings. The van der Waals surface area contributed by atoms with Crippen molar-refractivity contribution in [2.45, 2.75) is 19.1 Å². The van der Waals surface area contributed by atoms with Crippen molar-refractivity contribution in [2.24, 2.45) is 0 Å². The van der Waals surface area contributed by atoms with E-state index in [0.717, 1.165) is 0 Å². The summed E-state index contributed by atoms with van der Waals surface area (Å²) in [6, 6.07) is 0. The molecule has 2 rings (SSSR count). The third-order valence-corrected chi connectivity index (χ3v) is 7.55. The summed E-state index contributed by atoms with van der Waals surface area (Å²) in [4.78, 5) is 0. The Kier molecular flexibility index (Phi) is 2.09. The van der Waals surface area contributed by atoms with Gasteiger partial charge in [0.1, 0.15) is 0 Å². The average Bonchev–Trinajstić information content (AvgIpc) is 2.36. The molecule has 0 saturated carbocycles. The van der Waals surface area contributed by atoms with Crippen LogP contribution in [-0.4, -0.2) is 38.6 Å². The Bertz CT molecular complexity index is 180. The zero-order valence-electron chi connectivity index (χ0n) is 7.22. The molecular weight excluding hydrogens is 199 g/mol. The first-order chi connectivity index (χ1) is 5.27. The Morgan fingerprint density at radius 1 is 1.36 bits per heavy atom. The van der Waals surface area contributed by atoms with Crippen LogP contribution in [0.5, 0.6) is 0 Å². The summed E-state index contributed by atoms with van der Waals surface area (Å²) in [6.07, 6.45) is 0. The molecule has 0 bridgehead atoms. The number of allylic oxidation sites excluding steroid dienone is 1. The van der Waals surface area contributed by atoms with Gasteiger partial charge in [0.05, 0.1) is 0 Å². The number of hydrogen-bond donors (Lipinski definition) is 1. The zero-order chi connectivity index (χ0) is 7.84. The van der Waals surface area contributed by atoms with E-state index in [1.165, 1.54) is 24.8 Å². The maximum absolute atomic E-state index is 3.65. The number of nitrogens with one attached hydrogen (secondary N) is 1. The fourth-order valence-electron chi connectivity index (χ4n) is 1.62. The van der Waals surface area contributed by atoms with Crippen LogP contribution >= 0.6 is 0 Å². The van der Waals surface area contributed by atoms with Gasteiger partial charge in [0.2, 0.25) is 0 Å². The molecule has 0 amide bonds. The van der Waals surface area contributed by atoms with Crippen molar-refractivity contribution in [3.05, 3.63) is 11.1 Å². The minimum atomic E-state index is -0.725. The third-order valence-electron chi connectivity index (χ3n) is 2.54. The number of nitrogens with zero attached hydrogens (tertiary/aromatic N) is 1. The Labute approximate surface area is 73.4 Å². The fourth-order valence-corrected chi connectivity index (χ4v) is 6.47. The Morgan fingerprint density at radius 3 is 3.00 bits per heavy atom.